The van der Waals surface area contributed by atoms with Gasteiger partial charge in [-0.2, -0.15) is 0 Å². The molecule has 1 saturated heterocycles. The van der Waals surface area contributed by atoms with E-state index in [0.29, 0.717) is 12.5 Å². The molecule has 2 rings (SSSR count). The van der Waals surface area contributed by atoms with Crippen molar-refractivity contribution in [2.24, 2.45) is 5.92 Å². The second-order valence-corrected chi connectivity index (χ2v) is 6.25. The molecule has 4 nitrogen and oxygen atoms in total. The molecule has 19 heavy (non-hydrogen) atoms. The zero-order valence-corrected chi connectivity index (χ0v) is 12.2. The molecule has 1 aliphatic carbocycles. The van der Waals surface area contributed by atoms with Crippen molar-refractivity contribution in [3.05, 3.63) is 0 Å². The lowest BCUT2D eigenvalue weighted by Gasteiger charge is -2.26. The third-order valence-electron chi connectivity index (χ3n) is 4.53. The first-order valence-corrected chi connectivity index (χ1v) is 7.81. The molecule has 2 aliphatic rings. The number of carbonyl (C=O) groups is 1. The van der Waals surface area contributed by atoms with Gasteiger partial charge in [-0.1, -0.05) is 19.3 Å². The minimum Gasteiger partial charge on any atom is -0.393 e. The molecule has 1 aliphatic heterocycles. The van der Waals surface area contributed by atoms with Crippen LogP contribution in [0, 0.1) is 5.92 Å². The number of hydrogen-bond acceptors (Lipinski definition) is 3. The smallest absolute Gasteiger partial charge is 0.236 e. The summed E-state index contributed by atoms with van der Waals surface area (Å²) in [6.45, 7) is 3.21. The number of nitrogens with zero attached hydrogens (tertiary/aromatic N) is 2. The van der Waals surface area contributed by atoms with Gasteiger partial charge in [-0.15, -0.1) is 0 Å². The molecule has 1 heterocycles. The molecule has 0 aromatic rings. The van der Waals surface area contributed by atoms with Gasteiger partial charge in [-0.25, -0.2) is 0 Å². The minimum atomic E-state index is -0.157. The van der Waals surface area contributed by atoms with E-state index in [1.165, 1.54) is 12.8 Å². The fourth-order valence-corrected chi connectivity index (χ4v) is 3.35. The molecule has 1 N–H and O–H groups in total. The van der Waals surface area contributed by atoms with E-state index in [-0.39, 0.29) is 12.0 Å². The quantitative estimate of drug-likeness (QED) is 0.840. The number of aliphatic hydroxyl groups excluding tert-OH is 1. The highest BCUT2D eigenvalue weighted by Gasteiger charge is 2.27. The molecule has 0 radical (unpaired) electrons. The lowest BCUT2D eigenvalue weighted by molar-refractivity contribution is -0.132. The normalized spacial score (nSPS) is 28.7. The molecule has 0 aromatic heterocycles. The molecular weight excluding hydrogens is 240 g/mol. The first-order valence-electron chi connectivity index (χ1n) is 7.81. The zero-order valence-electron chi connectivity index (χ0n) is 12.2. The Balaban J connectivity index is 1.74. The monoisotopic (exact) mass is 268 g/mol. The van der Waals surface area contributed by atoms with E-state index in [4.69, 9.17) is 0 Å². The molecular formula is C15H28N2O2. The summed E-state index contributed by atoms with van der Waals surface area (Å²) < 4.78 is 0. The Bertz CT molecular complexity index is 288. The minimum absolute atomic E-state index is 0.157. The molecule has 2 fully saturated rings. The predicted octanol–water partition coefficient (Wildman–Crippen LogP) is 1.48. The van der Waals surface area contributed by atoms with E-state index in [0.717, 1.165) is 51.7 Å². The summed E-state index contributed by atoms with van der Waals surface area (Å²) in [6, 6.07) is 0. The number of carbonyl (C=O) groups excluding carboxylic acids is 1. The van der Waals surface area contributed by atoms with Crippen molar-refractivity contribution in [3.8, 4) is 0 Å². The van der Waals surface area contributed by atoms with Gasteiger partial charge in [0, 0.05) is 19.6 Å². The van der Waals surface area contributed by atoms with Gasteiger partial charge in [-0.05, 0) is 38.6 Å². The highest BCUT2D eigenvalue weighted by Crippen LogP contribution is 2.25. The number of likely N-dealkylation sites (tertiary alicyclic amines) is 1. The highest BCUT2D eigenvalue weighted by atomic mass is 16.3. The maximum absolute atomic E-state index is 12.2. The average molecular weight is 268 g/mol. The second kappa shape index (κ2) is 7.25. The van der Waals surface area contributed by atoms with Gasteiger partial charge in [0.15, 0.2) is 0 Å². The van der Waals surface area contributed by atoms with Crippen molar-refractivity contribution in [2.75, 3.05) is 33.2 Å². The van der Waals surface area contributed by atoms with Crippen LogP contribution in [0.2, 0.25) is 0 Å². The third kappa shape index (κ3) is 4.46. The summed E-state index contributed by atoms with van der Waals surface area (Å²) in [5.74, 6) is 0.624. The Morgan fingerprint density at radius 2 is 1.84 bits per heavy atom. The molecule has 0 aromatic carbocycles. The van der Waals surface area contributed by atoms with Gasteiger partial charge < -0.3 is 10.0 Å². The third-order valence-corrected chi connectivity index (χ3v) is 4.53. The molecule has 1 amide bonds. The number of hydrogen-bond donors (Lipinski definition) is 1. The fourth-order valence-electron chi connectivity index (χ4n) is 3.35. The molecule has 1 saturated carbocycles. The Morgan fingerprint density at radius 3 is 2.42 bits per heavy atom. The molecule has 0 spiro atoms. The summed E-state index contributed by atoms with van der Waals surface area (Å²) >= 11 is 0. The van der Waals surface area contributed by atoms with Gasteiger partial charge in [0.25, 0.3) is 0 Å². The van der Waals surface area contributed by atoms with Crippen LogP contribution in [-0.4, -0.2) is 60.1 Å². The lowest BCUT2D eigenvalue weighted by Crippen LogP contribution is -2.41. The summed E-state index contributed by atoms with van der Waals surface area (Å²) in [6.07, 6.45) is 7.81. The van der Waals surface area contributed by atoms with Crippen molar-refractivity contribution < 1.29 is 9.90 Å². The highest BCUT2D eigenvalue weighted by molar-refractivity contribution is 5.78. The van der Waals surface area contributed by atoms with E-state index in [1.54, 1.807) is 0 Å². The van der Waals surface area contributed by atoms with Crippen molar-refractivity contribution in [1.82, 2.24) is 9.80 Å². The van der Waals surface area contributed by atoms with Crippen LogP contribution in [0.4, 0.5) is 0 Å². The van der Waals surface area contributed by atoms with E-state index >= 15 is 0 Å². The molecule has 110 valence electrons. The van der Waals surface area contributed by atoms with Crippen LogP contribution >= 0.6 is 0 Å². The molecule has 4 heteroatoms. The second-order valence-electron chi connectivity index (χ2n) is 6.25. The van der Waals surface area contributed by atoms with E-state index in [9.17, 15) is 9.90 Å². The van der Waals surface area contributed by atoms with Crippen LogP contribution < -0.4 is 0 Å². The summed E-state index contributed by atoms with van der Waals surface area (Å²) in [4.78, 5) is 16.4. The van der Waals surface area contributed by atoms with Gasteiger partial charge >= 0.3 is 0 Å². The van der Waals surface area contributed by atoms with Crippen LogP contribution in [0.25, 0.3) is 0 Å². The number of rotatable bonds is 4. The van der Waals surface area contributed by atoms with Gasteiger partial charge in [0.05, 0.1) is 12.6 Å². The van der Waals surface area contributed by atoms with Crippen molar-refractivity contribution in [3.63, 3.8) is 0 Å². The summed E-state index contributed by atoms with van der Waals surface area (Å²) in [7, 11) is 2.00. The van der Waals surface area contributed by atoms with E-state index < -0.39 is 0 Å². The van der Waals surface area contributed by atoms with Crippen LogP contribution in [0.1, 0.15) is 44.9 Å². The van der Waals surface area contributed by atoms with Crippen molar-refractivity contribution >= 4 is 5.91 Å². The zero-order chi connectivity index (χ0) is 13.7. The fraction of sp³-hybridized carbons (Fsp3) is 0.933. The van der Waals surface area contributed by atoms with Crippen LogP contribution in [-0.2, 0) is 4.79 Å². The Morgan fingerprint density at radius 1 is 1.16 bits per heavy atom. The Labute approximate surface area is 116 Å². The SMILES string of the molecule is CN(CC(=O)N1CCCCCC1)CC1CCCC1O. The topological polar surface area (TPSA) is 43.8 Å². The van der Waals surface area contributed by atoms with Crippen molar-refractivity contribution in [1.29, 1.82) is 0 Å². The lowest BCUT2D eigenvalue weighted by atomic mass is 10.1. The van der Waals surface area contributed by atoms with Gasteiger partial charge in [-0.3, -0.25) is 9.69 Å². The van der Waals surface area contributed by atoms with Crippen LogP contribution in [0.3, 0.4) is 0 Å². The standard InChI is InChI=1S/C15H28N2O2/c1-16(11-13-7-6-8-14(13)18)12-15(19)17-9-4-2-3-5-10-17/h13-14,18H,2-12H2,1H3. The van der Waals surface area contributed by atoms with Crippen LogP contribution in [0.15, 0.2) is 0 Å². The number of likely N-dealkylation sites (N-methyl/N-ethyl adjacent to an activating group) is 1. The Hall–Kier alpha value is -0.610. The maximum atomic E-state index is 12.2. The van der Waals surface area contributed by atoms with Gasteiger partial charge in [0.2, 0.25) is 5.91 Å². The maximum Gasteiger partial charge on any atom is 0.236 e. The number of aliphatic hydroxyl groups is 1. The average Bonchev–Trinajstić information content (AvgIpc) is 2.66. The molecule has 0 bridgehead atoms. The van der Waals surface area contributed by atoms with E-state index in [1.807, 2.05) is 11.9 Å². The predicted molar refractivity (Wildman–Crippen MR) is 75.9 cm³/mol. The van der Waals surface area contributed by atoms with Crippen LogP contribution in [0.5, 0.6) is 0 Å². The van der Waals surface area contributed by atoms with Gasteiger partial charge in [0.1, 0.15) is 0 Å². The summed E-state index contributed by atoms with van der Waals surface area (Å²) in [5.41, 5.74) is 0. The first kappa shape index (κ1) is 14.8. The van der Waals surface area contributed by atoms with E-state index in [2.05, 4.69) is 4.90 Å². The molecule has 2 atom stereocenters. The summed E-state index contributed by atoms with van der Waals surface area (Å²) in [5, 5.41) is 9.84. The Kier molecular flexibility index (Phi) is 5.64. The molecule has 2 unspecified atom stereocenters. The number of amides is 1. The largest absolute Gasteiger partial charge is 0.393 e. The van der Waals surface area contributed by atoms with Crippen molar-refractivity contribution in [2.45, 2.75) is 51.0 Å². The first-order chi connectivity index (χ1) is 9.16.